The first-order valence-corrected chi connectivity index (χ1v) is 7.61. The van der Waals surface area contributed by atoms with Gasteiger partial charge in [-0.15, -0.1) is 0 Å². The molecule has 6 nitrogen and oxygen atoms in total. The molecule has 1 aromatic carbocycles. The van der Waals surface area contributed by atoms with Crippen molar-refractivity contribution in [3.8, 4) is 11.5 Å². The summed E-state index contributed by atoms with van der Waals surface area (Å²) in [5.41, 5.74) is 1.96. The standard InChI is InChI=1S/C17H19N5O/c1-13-21-17(23-22-13)15-9-5-10-19-16(15)20-12-6-11-18-14-7-3-2-4-8-14/h2-5,7-10,18H,6,11-12H2,1H3,(H,19,20). The number of nitrogens with one attached hydrogen (secondary N) is 2. The zero-order chi connectivity index (χ0) is 15.9. The summed E-state index contributed by atoms with van der Waals surface area (Å²) in [4.78, 5) is 8.62. The average molecular weight is 309 g/mol. The van der Waals surface area contributed by atoms with Gasteiger partial charge in [0.15, 0.2) is 5.82 Å². The highest BCUT2D eigenvalue weighted by molar-refractivity contribution is 5.68. The lowest BCUT2D eigenvalue weighted by Crippen LogP contribution is -2.10. The van der Waals surface area contributed by atoms with Gasteiger partial charge >= 0.3 is 0 Å². The monoisotopic (exact) mass is 309 g/mol. The highest BCUT2D eigenvalue weighted by Crippen LogP contribution is 2.23. The van der Waals surface area contributed by atoms with E-state index in [-0.39, 0.29) is 0 Å². The topological polar surface area (TPSA) is 75.9 Å². The molecule has 2 heterocycles. The number of nitrogens with zero attached hydrogens (tertiary/aromatic N) is 3. The summed E-state index contributed by atoms with van der Waals surface area (Å²) in [7, 11) is 0. The van der Waals surface area contributed by atoms with Crippen LogP contribution >= 0.6 is 0 Å². The van der Waals surface area contributed by atoms with Crippen LogP contribution in [0, 0.1) is 6.92 Å². The minimum atomic E-state index is 0.487. The lowest BCUT2D eigenvalue weighted by Gasteiger charge is -2.09. The van der Waals surface area contributed by atoms with Gasteiger partial charge in [-0.2, -0.15) is 4.98 Å². The molecule has 2 aromatic heterocycles. The Kier molecular flexibility index (Phi) is 4.83. The maximum atomic E-state index is 5.22. The van der Waals surface area contributed by atoms with E-state index in [9.17, 15) is 0 Å². The fourth-order valence-electron chi connectivity index (χ4n) is 2.21. The number of anilines is 2. The molecule has 3 rings (SSSR count). The molecule has 0 bridgehead atoms. The number of aromatic nitrogens is 3. The lowest BCUT2D eigenvalue weighted by molar-refractivity contribution is 0.425. The molecular formula is C17H19N5O. The normalized spacial score (nSPS) is 10.5. The largest absolute Gasteiger partial charge is 0.385 e. The minimum Gasteiger partial charge on any atom is -0.385 e. The van der Waals surface area contributed by atoms with Gasteiger partial charge < -0.3 is 15.2 Å². The molecule has 0 spiro atoms. The summed E-state index contributed by atoms with van der Waals surface area (Å²) in [6.07, 6.45) is 2.71. The molecular weight excluding hydrogens is 290 g/mol. The summed E-state index contributed by atoms with van der Waals surface area (Å²) < 4.78 is 5.22. The Morgan fingerprint density at radius 2 is 1.83 bits per heavy atom. The number of aryl methyl sites for hydroxylation is 1. The van der Waals surface area contributed by atoms with Crippen LogP contribution in [0.2, 0.25) is 0 Å². The quantitative estimate of drug-likeness (QED) is 0.652. The molecule has 2 N–H and O–H groups in total. The molecule has 0 fully saturated rings. The van der Waals surface area contributed by atoms with Gasteiger partial charge in [0.05, 0.1) is 5.56 Å². The van der Waals surface area contributed by atoms with E-state index in [0.717, 1.165) is 36.6 Å². The minimum absolute atomic E-state index is 0.487. The van der Waals surface area contributed by atoms with E-state index in [0.29, 0.717) is 11.7 Å². The van der Waals surface area contributed by atoms with Gasteiger partial charge in [0.2, 0.25) is 0 Å². The Labute approximate surface area is 135 Å². The lowest BCUT2D eigenvalue weighted by atomic mass is 10.2. The van der Waals surface area contributed by atoms with Crippen molar-refractivity contribution in [1.29, 1.82) is 0 Å². The van der Waals surface area contributed by atoms with Crippen molar-refractivity contribution < 1.29 is 4.52 Å². The predicted octanol–water partition coefficient (Wildman–Crippen LogP) is 3.35. The number of para-hydroxylation sites is 1. The van der Waals surface area contributed by atoms with Crippen LogP contribution < -0.4 is 10.6 Å². The van der Waals surface area contributed by atoms with Crippen molar-refractivity contribution in [3.63, 3.8) is 0 Å². The van der Waals surface area contributed by atoms with Crippen LogP contribution in [0.3, 0.4) is 0 Å². The molecule has 0 atom stereocenters. The van der Waals surface area contributed by atoms with Crippen LogP contribution in [0.4, 0.5) is 11.5 Å². The van der Waals surface area contributed by atoms with E-state index >= 15 is 0 Å². The highest BCUT2D eigenvalue weighted by Gasteiger charge is 2.11. The van der Waals surface area contributed by atoms with Gasteiger partial charge in [0, 0.05) is 25.0 Å². The maximum absolute atomic E-state index is 5.22. The van der Waals surface area contributed by atoms with Crippen LogP contribution in [0.25, 0.3) is 11.5 Å². The molecule has 0 aliphatic heterocycles. The van der Waals surface area contributed by atoms with Crippen LogP contribution in [-0.4, -0.2) is 28.2 Å². The zero-order valence-corrected chi connectivity index (χ0v) is 13.0. The van der Waals surface area contributed by atoms with Crippen LogP contribution in [0.5, 0.6) is 0 Å². The fourth-order valence-corrected chi connectivity index (χ4v) is 2.21. The van der Waals surface area contributed by atoms with Gasteiger partial charge in [0.25, 0.3) is 5.89 Å². The van der Waals surface area contributed by atoms with Gasteiger partial charge in [0.1, 0.15) is 5.82 Å². The summed E-state index contributed by atoms with van der Waals surface area (Å²) >= 11 is 0. The van der Waals surface area contributed by atoms with Crippen molar-refractivity contribution in [2.45, 2.75) is 13.3 Å². The smallest absolute Gasteiger partial charge is 0.261 e. The molecule has 0 saturated carbocycles. The Morgan fingerprint density at radius 3 is 2.61 bits per heavy atom. The number of hydrogen-bond donors (Lipinski definition) is 2. The van der Waals surface area contributed by atoms with Crippen molar-refractivity contribution in [3.05, 3.63) is 54.5 Å². The van der Waals surface area contributed by atoms with E-state index < -0.39 is 0 Å². The summed E-state index contributed by atoms with van der Waals surface area (Å²) in [5, 5.41) is 10.5. The van der Waals surface area contributed by atoms with Crippen LogP contribution in [0.1, 0.15) is 12.2 Å². The van der Waals surface area contributed by atoms with Gasteiger partial charge in [-0.25, -0.2) is 4.98 Å². The number of rotatable bonds is 7. The first kappa shape index (κ1) is 15.0. The molecule has 0 amide bonds. The van der Waals surface area contributed by atoms with Crippen LogP contribution in [-0.2, 0) is 0 Å². The number of hydrogen-bond acceptors (Lipinski definition) is 6. The molecule has 0 saturated heterocycles. The first-order valence-electron chi connectivity index (χ1n) is 7.61. The SMILES string of the molecule is Cc1noc(-c2cccnc2NCCCNc2ccccc2)n1. The van der Waals surface area contributed by atoms with Gasteiger partial charge in [-0.3, -0.25) is 0 Å². The number of pyridine rings is 1. The second kappa shape index (κ2) is 7.40. The molecule has 118 valence electrons. The van der Waals surface area contributed by atoms with Crippen molar-refractivity contribution in [2.24, 2.45) is 0 Å². The van der Waals surface area contributed by atoms with Crippen molar-refractivity contribution >= 4 is 11.5 Å². The third-order valence-electron chi connectivity index (χ3n) is 3.31. The average Bonchev–Trinajstić information content (AvgIpc) is 3.02. The molecule has 0 unspecified atom stereocenters. The van der Waals surface area contributed by atoms with Crippen molar-refractivity contribution in [2.75, 3.05) is 23.7 Å². The fraction of sp³-hybridized carbons (Fsp3) is 0.235. The molecule has 3 aromatic rings. The van der Waals surface area contributed by atoms with Crippen LogP contribution in [0.15, 0.2) is 53.2 Å². The van der Waals surface area contributed by atoms with E-state index in [4.69, 9.17) is 4.52 Å². The van der Waals surface area contributed by atoms with E-state index in [1.807, 2.05) is 30.3 Å². The van der Waals surface area contributed by atoms with E-state index in [1.165, 1.54) is 0 Å². The Balaban J connectivity index is 1.53. The van der Waals surface area contributed by atoms with Gasteiger partial charge in [-0.1, -0.05) is 23.4 Å². The first-order chi connectivity index (χ1) is 11.3. The van der Waals surface area contributed by atoms with Crippen molar-refractivity contribution in [1.82, 2.24) is 15.1 Å². The Morgan fingerprint density at radius 1 is 1.00 bits per heavy atom. The Hall–Kier alpha value is -2.89. The zero-order valence-electron chi connectivity index (χ0n) is 13.0. The predicted molar refractivity (Wildman–Crippen MR) is 90.3 cm³/mol. The highest BCUT2D eigenvalue weighted by atomic mass is 16.5. The van der Waals surface area contributed by atoms with Gasteiger partial charge in [-0.05, 0) is 37.6 Å². The maximum Gasteiger partial charge on any atom is 0.261 e. The molecule has 0 radical (unpaired) electrons. The second-order valence-electron chi connectivity index (χ2n) is 5.12. The third-order valence-corrected chi connectivity index (χ3v) is 3.31. The summed E-state index contributed by atoms with van der Waals surface area (Å²) in [6.45, 7) is 3.49. The summed E-state index contributed by atoms with van der Waals surface area (Å²) in [6, 6.07) is 13.9. The molecule has 0 aliphatic rings. The van der Waals surface area contributed by atoms with E-state index in [2.05, 4.69) is 37.9 Å². The molecule has 6 heteroatoms. The second-order valence-corrected chi connectivity index (χ2v) is 5.12. The third kappa shape index (κ3) is 4.06. The Bertz CT molecular complexity index is 742. The summed E-state index contributed by atoms with van der Waals surface area (Å²) in [5.74, 6) is 1.86. The molecule has 23 heavy (non-hydrogen) atoms. The number of benzene rings is 1. The van der Waals surface area contributed by atoms with E-state index in [1.54, 1.807) is 13.1 Å². The molecule has 0 aliphatic carbocycles.